The van der Waals surface area contributed by atoms with E-state index in [1.54, 1.807) is 4.68 Å². The number of hydrogen-bond donors (Lipinski definition) is 0. The zero-order valence-electron chi connectivity index (χ0n) is 17.9. The van der Waals surface area contributed by atoms with Crippen molar-refractivity contribution in [1.82, 2.24) is 14.7 Å². The number of aromatic nitrogens is 2. The van der Waals surface area contributed by atoms with Gasteiger partial charge in [-0.15, -0.1) is 5.10 Å². The van der Waals surface area contributed by atoms with Crippen LogP contribution in [-0.2, 0) is 21.9 Å². The fourth-order valence-corrected chi connectivity index (χ4v) is 5.59. The first kappa shape index (κ1) is 22.2. The molecule has 6 nitrogen and oxygen atoms in total. The molecule has 2 aromatic rings. The lowest BCUT2D eigenvalue weighted by Crippen LogP contribution is -2.40. The van der Waals surface area contributed by atoms with Crippen LogP contribution in [0.4, 0.5) is 0 Å². The van der Waals surface area contributed by atoms with Crippen molar-refractivity contribution in [1.29, 1.82) is 0 Å². The summed E-state index contributed by atoms with van der Waals surface area (Å²) in [5.74, 6) is 1.34. The van der Waals surface area contributed by atoms with Crippen molar-refractivity contribution in [3.05, 3.63) is 34.7 Å². The molecular weight excluding hydrogens is 406 g/mol. The molecule has 0 bridgehead atoms. The SMILES string of the molecule is CC(C)CN(Cn1nc(-c2ccc(C(C)(C)C)cc2)oc1=S)C1CCS(=O)(=O)C1. The van der Waals surface area contributed by atoms with Crippen LogP contribution in [0.5, 0.6) is 0 Å². The summed E-state index contributed by atoms with van der Waals surface area (Å²) in [7, 11) is -2.95. The van der Waals surface area contributed by atoms with Crippen molar-refractivity contribution in [2.45, 2.75) is 59.2 Å². The fraction of sp³-hybridized carbons (Fsp3) is 0.619. The van der Waals surface area contributed by atoms with Crippen LogP contribution in [0.2, 0.25) is 0 Å². The summed E-state index contributed by atoms with van der Waals surface area (Å²) in [6.07, 6.45) is 0.654. The highest BCUT2D eigenvalue weighted by molar-refractivity contribution is 7.91. The molecule has 0 spiro atoms. The van der Waals surface area contributed by atoms with Crippen LogP contribution in [0.15, 0.2) is 28.7 Å². The summed E-state index contributed by atoms with van der Waals surface area (Å²) in [4.78, 5) is 2.47. The molecule has 1 aromatic carbocycles. The van der Waals surface area contributed by atoms with E-state index in [9.17, 15) is 8.42 Å². The molecule has 8 heteroatoms. The molecule has 0 radical (unpaired) electrons. The average molecular weight is 438 g/mol. The maximum atomic E-state index is 11.9. The van der Waals surface area contributed by atoms with Gasteiger partial charge in [0.1, 0.15) is 0 Å². The second-order valence-corrected chi connectivity index (χ2v) is 11.9. The number of rotatable bonds is 6. The number of sulfone groups is 1. The van der Waals surface area contributed by atoms with Gasteiger partial charge in [0, 0.05) is 18.2 Å². The molecule has 1 aliphatic rings. The van der Waals surface area contributed by atoms with Gasteiger partial charge in [-0.25, -0.2) is 13.1 Å². The zero-order valence-corrected chi connectivity index (χ0v) is 19.5. The Kier molecular flexibility index (Phi) is 6.36. The Morgan fingerprint density at radius 2 is 1.93 bits per heavy atom. The second kappa shape index (κ2) is 8.32. The highest BCUT2D eigenvalue weighted by atomic mass is 32.2. The number of nitrogens with zero attached hydrogens (tertiary/aromatic N) is 3. The van der Waals surface area contributed by atoms with Crippen molar-refractivity contribution < 1.29 is 12.8 Å². The predicted molar refractivity (Wildman–Crippen MR) is 118 cm³/mol. The van der Waals surface area contributed by atoms with Crippen LogP contribution in [0.3, 0.4) is 0 Å². The van der Waals surface area contributed by atoms with Gasteiger partial charge in [0.15, 0.2) is 9.84 Å². The van der Waals surface area contributed by atoms with Crippen LogP contribution in [0, 0.1) is 10.8 Å². The molecule has 1 atom stereocenters. The monoisotopic (exact) mass is 437 g/mol. The van der Waals surface area contributed by atoms with Crippen molar-refractivity contribution >= 4 is 22.1 Å². The van der Waals surface area contributed by atoms with Gasteiger partial charge in [-0.3, -0.25) is 4.90 Å². The van der Waals surface area contributed by atoms with E-state index < -0.39 is 9.84 Å². The van der Waals surface area contributed by atoms with Crippen LogP contribution in [-0.4, -0.2) is 47.2 Å². The Bertz CT molecular complexity index is 999. The van der Waals surface area contributed by atoms with E-state index in [2.05, 4.69) is 56.8 Å². The van der Waals surface area contributed by atoms with Gasteiger partial charge in [-0.05, 0) is 47.7 Å². The van der Waals surface area contributed by atoms with Crippen LogP contribution < -0.4 is 0 Å². The summed E-state index contributed by atoms with van der Waals surface area (Å²) in [6.45, 7) is 12.0. The molecular formula is C21H31N3O3S2. The Balaban J connectivity index is 1.82. The van der Waals surface area contributed by atoms with Gasteiger partial charge in [-0.1, -0.05) is 46.8 Å². The van der Waals surface area contributed by atoms with Gasteiger partial charge in [0.05, 0.1) is 18.2 Å². The normalized spacial score (nSPS) is 19.3. The van der Waals surface area contributed by atoms with E-state index in [4.69, 9.17) is 16.6 Å². The van der Waals surface area contributed by atoms with Crippen LogP contribution >= 0.6 is 12.2 Å². The standard InChI is InChI=1S/C21H31N3O3S2/c1-15(2)12-23(18-10-11-29(25,26)13-18)14-24-20(28)27-19(22-24)16-6-8-17(9-7-16)21(3,4)5/h6-9,15,18H,10-14H2,1-5H3. The maximum Gasteiger partial charge on any atom is 0.288 e. The molecule has 1 aromatic heterocycles. The molecule has 0 amide bonds. The molecule has 1 saturated heterocycles. The minimum absolute atomic E-state index is 0.00415. The lowest BCUT2D eigenvalue weighted by atomic mass is 9.87. The maximum absolute atomic E-state index is 11.9. The smallest absolute Gasteiger partial charge is 0.288 e. The molecule has 1 fully saturated rings. The Labute approximate surface area is 178 Å². The largest absolute Gasteiger partial charge is 0.409 e. The molecule has 0 aliphatic carbocycles. The zero-order chi connectivity index (χ0) is 21.4. The van der Waals surface area contributed by atoms with Gasteiger partial charge >= 0.3 is 0 Å². The summed E-state index contributed by atoms with van der Waals surface area (Å²) in [5, 5.41) is 4.58. The first-order chi connectivity index (χ1) is 13.4. The van der Waals surface area contributed by atoms with E-state index in [0.29, 0.717) is 29.7 Å². The number of hydrogen-bond acceptors (Lipinski definition) is 6. The average Bonchev–Trinajstić information content (AvgIpc) is 3.16. The Morgan fingerprint density at radius 1 is 1.28 bits per heavy atom. The van der Waals surface area contributed by atoms with Gasteiger partial charge in [0.2, 0.25) is 5.89 Å². The topological polar surface area (TPSA) is 68.3 Å². The Hall–Kier alpha value is -1.51. The molecule has 1 unspecified atom stereocenters. The third-order valence-electron chi connectivity index (χ3n) is 5.24. The van der Waals surface area contributed by atoms with E-state index in [-0.39, 0.29) is 23.0 Å². The quantitative estimate of drug-likeness (QED) is 0.629. The van der Waals surface area contributed by atoms with E-state index in [1.807, 2.05) is 12.1 Å². The number of benzene rings is 1. The third kappa shape index (κ3) is 5.55. The minimum Gasteiger partial charge on any atom is -0.409 e. The van der Waals surface area contributed by atoms with E-state index in [1.165, 1.54) is 5.56 Å². The highest BCUT2D eigenvalue weighted by Gasteiger charge is 2.33. The van der Waals surface area contributed by atoms with E-state index >= 15 is 0 Å². The molecule has 2 heterocycles. The van der Waals surface area contributed by atoms with Crippen molar-refractivity contribution in [3.63, 3.8) is 0 Å². The molecule has 0 N–H and O–H groups in total. The molecule has 1 aliphatic heterocycles. The lowest BCUT2D eigenvalue weighted by molar-refractivity contribution is 0.136. The molecule has 160 valence electrons. The van der Waals surface area contributed by atoms with Crippen LogP contribution in [0.25, 0.3) is 11.5 Å². The first-order valence-electron chi connectivity index (χ1n) is 10.1. The van der Waals surface area contributed by atoms with Gasteiger partial charge in [-0.2, -0.15) is 0 Å². The van der Waals surface area contributed by atoms with Gasteiger partial charge in [0.25, 0.3) is 4.84 Å². The van der Waals surface area contributed by atoms with Crippen LogP contribution in [0.1, 0.15) is 46.6 Å². The third-order valence-corrected chi connectivity index (χ3v) is 7.29. The first-order valence-corrected chi connectivity index (χ1v) is 12.3. The predicted octanol–water partition coefficient (Wildman–Crippen LogP) is 4.27. The minimum atomic E-state index is -2.95. The highest BCUT2D eigenvalue weighted by Crippen LogP contribution is 2.26. The van der Waals surface area contributed by atoms with Crippen molar-refractivity contribution in [2.24, 2.45) is 5.92 Å². The summed E-state index contributed by atoms with van der Waals surface area (Å²) < 4.78 is 31.3. The molecule has 0 saturated carbocycles. The summed E-state index contributed by atoms with van der Waals surface area (Å²) in [5.41, 5.74) is 2.20. The van der Waals surface area contributed by atoms with E-state index in [0.717, 1.165) is 12.1 Å². The van der Waals surface area contributed by atoms with Crippen molar-refractivity contribution in [3.8, 4) is 11.5 Å². The summed E-state index contributed by atoms with van der Waals surface area (Å²) in [6, 6.07) is 8.17. The lowest BCUT2D eigenvalue weighted by Gasteiger charge is -2.29. The summed E-state index contributed by atoms with van der Waals surface area (Å²) >= 11 is 5.40. The van der Waals surface area contributed by atoms with Crippen molar-refractivity contribution in [2.75, 3.05) is 18.1 Å². The van der Waals surface area contributed by atoms with Gasteiger partial charge < -0.3 is 4.42 Å². The molecule has 3 rings (SSSR count). The second-order valence-electron chi connectivity index (χ2n) is 9.36. The molecule has 29 heavy (non-hydrogen) atoms. The fourth-order valence-electron chi connectivity index (χ4n) is 3.65. The Morgan fingerprint density at radius 3 is 2.45 bits per heavy atom.